The first kappa shape index (κ1) is 13.0. The number of nitrogens with one attached hydrogen (secondary N) is 1. The van der Waals surface area contributed by atoms with Crippen LogP contribution in [0.1, 0.15) is 50.8 Å². The maximum Gasteiger partial charge on any atom is 0.233 e. The number of aromatic nitrogens is 3. The van der Waals surface area contributed by atoms with Gasteiger partial charge in [0, 0.05) is 18.5 Å². The monoisotopic (exact) mass is 280 g/mol. The van der Waals surface area contributed by atoms with Crippen LogP contribution in [-0.4, -0.2) is 44.3 Å². The van der Waals surface area contributed by atoms with Crippen LogP contribution in [0, 0.1) is 0 Å². The van der Waals surface area contributed by atoms with Gasteiger partial charge in [-0.2, -0.15) is 0 Å². The fraction of sp³-hybridized carbons (Fsp3) is 0.769. The minimum Gasteiger partial charge on any atom is -0.339 e. The molecular formula is C13H20N4OS. The molecule has 19 heavy (non-hydrogen) atoms. The number of carbonyl (C=O) groups is 1. The van der Waals surface area contributed by atoms with Gasteiger partial charge in [-0.15, -0.1) is 5.10 Å². The first-order valence-electron chi connectivity index (χ1n) is 7.08. The SMILES string of the molecule is CC1CCCCN1C(=O)CSc1n[nH]c(C2CC2)n1. The molecule has 1 saturated carbocycles. The number of hydrogen-bond acceptors (Lipinski definition) is 4. The summed E-state index contributed by atoms with van der Waals surface area (Å²) < 4.78 is 0. The molecule has 1 N–H and O–H groups in total. The molecule has 2 aliphatic rings. The lowest BCUT2D eigenvalue weighted by Crippen LogP contribution is -2.42. The first-order chi connectivity index (χ1) is 9.24. The molecule has 1 aromatic heterocycles. The molecule has 1 atom stereocenters. The molecule has 6 heteroatoms. The van der Waals surface area contributed by atoms with Crippen molar-refractivity contribution in [2.24, 2.45) is 0 Å². The Hall–Kier alpha value is -1.04. The number of amides is 1. The van der Waals surface area contributed by atoms with Crippen LogP contribution in [0.25, 0.3) is 0 Å². The highest BCUT2D eigenvalue weighted by Crippen LogP contribution is 2.38. The molecule has 1 aliphatic carbocycles. The fourth-order valence-corrected chi connectivity index (χ4v) is 3.23. The number of H-pyrrole nitrogens is 1. The normalized spacial score (nSPS) is 23.6. The number of aromatic amines is 1. The number of likely N-dealkylation sites (tertiary alicyclic amines) is 1. The smallest absolute Gasteiger partial charge is 0.233 e. The Labute approximate surface area is 117 Å². The van der Waals surface area contributed by atoms with Gasteiger partial charge >= 0.3 is 0 Å². The van der Waals surface area contributed by atoms with Crippen LogP contribution in [0.2, 0.25) is 0 Å². The number of hydrogen-bond donors (Lipinski definition) is 1. The van der Waals surface area contributed by atoms with Crippen LogP contribution in [-0.2, 0) is 4.79 Å². The van der Waals surface area contributed by atoms with E-state index in [0.717, 1.165) is 25.2 Å². The van der Waals surface area contributed by atoms with Gasteiger partial charge in [-0.25, -0.2) is 4.98 Å². The Morgan fingerprint density at radius 1 is 1.42 bits per heavy atom. The molecule has 2 fully saturated rings. The highest BCUT2D eigenvalue weighted by atomic mass is 32.2. The third-order valence-electron chi connectivity index (χ3n) is 3.89. The summed E-state index contributed by atoms with van der Waals surface area (Å²) in [7, 11) is 0. The van der Waals surface area contributed by atoms with Crippen molar-refractivity contribution in [1.29, 1.82) is 0 Å². The summed E-state index contributed by atoms with van der Waals surface area (Å²) in [5.74, 6) is 2.24. The Bertz CT molecular complexity index is 457. The zero-order chi connectivity index (χ0) is 13.2. The molecule has 1 amide bonds. The van der Waals surface area contributed by atoms with Gasteiger partial charge in [0.05, 0.1) is 5.75 Å². The number of piperidine rings is 1. The molecule has 1 aromatic rings. The predicted octanol–water partition coefficient (Wildman–Crippen LogP) is 2.18. The second kappa shape index (κ2) is 5.53. The summed E-state index contributed by atoms with van der Waals surface area (Å²) in [4.78, 5) is 18.6. The van der Waals surface area contributed by atoms with E-state index in [1.165, 1.54) is 31.0 Å². The highest BCUT2D eigenvalue weighted by Gasteiger charge is 2.27. The van der Waals surface area contributed by atoms with Crippen LogP contribution < -0.4 is 0 Å². The third kappa shape index (κ3) is 3.11. The summed E-state index contributed by atoms with van der Waals surface area (Å²) in [5.41, 5.74) is 0. The summed E-state index contributed by atoms with van der Waals surface area (Å²) in [6.45, 7) is 3.04. The maximum atomic E-state index is 12.2. The van der Waals surface area contributed by atoms with E-state index in [9.17, 15) is 4.79 Å². The topological polar surface area (TPSA) is 61.9 Å². The number of nitrogens with zero attached hydrogens (tertiary/aromatic N) is 3. The van der Waals surface area contributed by atoms with Crippen molar-refractivity contribution >= 4 is 17.7 Å². The molecule has 5 nitrogen and oxygen atoms in total. The summed E-state index contributed by atoms with van der Waals surface area (Å²) in [5, 5.41) is 7.85. The quantitative estimate of drug-likeness (QED) is 0.859. The summed E-state index contributed by atoms with van der Waals surface area (Å²) in [6.07, 6.45) is 5.92. The second-order valence-corrected chi connectivity index (χ2v) is 6.44. The van der Waals surface area contributed by atoms with Gasteiger partial charge in [0.15, 0.2) is 0 Å². The van der Waals surface area contributed by atoms with Gasteiger partial charge in [-0.1, -0.05) is 11.8 Å². The first-order valence-corrected chi connectivity index (χ1v) is 8.07. The molecule has 0 spiro atoms. The van der Waals surface area contributed by atoms with Crippen LogP contribution >= 0.6 is 11.8 Å². The Morgan fingerprint density at radius 2 is 2.26 bits per heavy atom. The minimum absolute atomic E-state index is 0.218. The van der Waals surface area contributed by atoms with E-state index in [1.54, 1.807) is 0 Å². The lowest BCUT2D eigenvalue weighted by molar-refractivity contribution is -0.131. The molecule has 1 unspecified atom stereocenters. The van der Waals surface area contributed by atoms with Crippen molar-refractivity contribution in [3.05, 3.63) is 5.82 Å². The van der Waals surface area contributed by atoms with E-state index in [1.807, 2.05) is 4.90 Å². The van der Waals surface area contributed by atoms with Gasteiger partial charge in [0.25, 0.3) is 0 Å². The number of carbonyl (C=O) groups excluding carboxylic acids is 1. The zero-order valence-electron chi connectivity index (χ0n) is 11.3. The van der Waals surface area contributed by atoms with Gasteiger partial charge in [0.1, 0.15) is 5.82 Å². The van der Waals surface area contributed by atoms with Crippen LogP contribution in [0.4, 0.5) is 0 Å². The van der Waals surface area contributed by atoms with Crippen molar-refractivity contribution in [2.75, 3.05) is 12.3 Å². The van der Waals surface area contributed by atoms with Crippen molar-refractivity contribution in [1.82, 2.24) is 20.1 Å². The van der Waals surface area contributed by atoms with Crippen molar-refractivity contribution in [3.8, 4) is 0 Å². The lowest BCUT2D eigenvalue weighted by atomic mass is 10.0. The molecule has 0 radical (unpaired) electrons. The van der Waals surface area contributed by atoms with Crippen molar-refractivity contribution in [3.63, 3.8) is 0 Å². The Balaban J connectivity index is 1.51. The predicted molar refractivity (Wildman–Crippen MR) is 74.1 cm³/mol. The summed E-state index contributed by atoms with van der Waals surface area (Å²) >= 11 is 1.45. The standard InChI is InChI=1S/C13H20N4OS/c1-9-4-2-3-7-17(9)11(18)8-19-13-14-12(15-16-13)10-5-6-10/h9-10H,2-8H2,1H3,(H,14,15,16). The van der Waals surface area contributed by atoms with Crippen molar-refractivity contribution in [2.45, 2.75) is 56.1 Å². The summed E-state index contributed by atoms with van der Waals surface area (Å²) in [6, 6.07) is 0.385. The van der Waals surface area contributed by atoms with Gasteiger partial charge < -0.3 is 4.90 Å². The average Bonchev–Trinajstić information content (AvgIpc) is 3.16. The van der Waals surface area contributed by atoms with Crippen LogP contribution in [0.15, 0.2) is 5.16 Å². The van der Waals surface area contributed by atoms with E-state index >= 15 is 0 Å². The van der Waals surface area contributed by atoms with Crippen LogP contribution in [0.3, 0.4) is 0 Å². The van der Waals surface area contributed by atoms with E-state index in [4.69, 9.17) is 0 Å². The fourth-order valence-electron chi connectivity index (χ4n) is 2.54. The van der Waals surface area contributed by atoms with Gasteiger partial charge in [-0.05, 0) is 39.0 Å². The van der Waals surface area contributed by atoms with Crippen molar-refractivity contribution < 1.29 is 4.79 Å². The van der Waals surface area contributed by atoms with Crippen LogP contribution in [0.5, 0.6) is 0 Å². The Kier molecular flexibility index (Phi) is 3.77. The van der Waals surface area contributed by atoms with E-state index in [2.05, 4.69) is 22.1 Å². The molecular weight excluding hydrogens is 260 g/mol. The second-order valence-electron chi connectivity index (χ2n) is 5.50. The molecule has 2 heterocycles. The van der Waals surface area contributed by atoms with E-state index in [-0.39, 0.29) is 5.91 Å². The maximum absolute atomic E-state index is 12.2. The van der Waals surface area contributed by atoms with E-state index in [0.29, 0.717) is 22.9 Å². The zero-order valence-corrected chi connectivity index (χ0v) is 12.1. The lowest BCUT2D eigenvalue weighted by Gasteiger charge is -2.33. The highest BCUT2D eigenvalue weighted by molar-refractivity contribution is 7.99. The largest absolute Gasteiger partial charge is 0.339 e. The Morgan fingerprint density at radius 3 is 3.00 bits per heavy atom. The average molecular weight is 280 g/mol. The van der Waals surface area contributed by atoms with E-state index < -0.39 is 0 Å². The molecule has 1 saturated heterocycles. The number of thioether (sulfide) groups is 1. The molecule has 104 valence electrons. The van der Waals surface area contributed by atoms with Gasteiger partial charge in [-0.3, -0.25) is 9.89 Å². The number of rotatable bonds is 4. The molecule has 0 bridgehead atoms. The molecule has 0 aromatic carbocycles. The molecule has 3 rings (SSSR count). The molecule has 1 aliphatic heterocycles. The minimum atomic E-state index is 0.218. The van der Waals surface area contributed by atoms with Gasteiger partial charge in [0.2, 0.25) is 11.1 Å². The third-order valence-corrected chi connectivity index (χ3v) is 4.73.